The average molecular weight is 443 g/mol. The van der Waals surface area contributed by atoms with Crippen molar-refractivity contribution >= 4 is 40.4 Å². The second-order valence-corrected chi connectivity index (χ2v) is 7.88. The highest BCUT2D eigenvalue weighted by Gasteiger charge is 2.40. The molecule has 0 spiro atoms. The van der Waals surface area contributed by atoms with Gasteiger partial charge in [0.05, 0.1) is 11.3 Å². The first-order valence-corrected chi connectivity index (χ1v) is 10.4. The van der Waals surface area contributed by atoms with E-state index in [4.69, 9.17) is 0 Å². The molecule has 3 aromatic rings. The number of rotatable bonds is 5. The van der Waals surface area contributed by atoms with E-state index in [0.29, 0.717) is 22.6 Å². The Morgan fingerprint density at radius 3 is 2.12 bits per heavy atom. The molecule has 33 heavy (non-hydrogen) atoms. The first kappa shape index (κ1) is 22.0. The minimum atomic E-state index is -0.501. The van der Waals surface area contributed by atoms with Crippen LogP contribution in [-0.2, 0) is 14.4 Å². The van der Waals surface area contributed by atoms with E-state index >= 15 is 0 Å². The number of anilines is 3. The molecule has 1 aliphatic heterocycles. The van der Waals surface area contributed by atoms with Crippen molar-refractivity contribution in [2.75, 3.05) is 15.5 Å². The Morgan fingerprint density at radius 1 is 0.848 bits per heavy atom. The molecule has 4 rings (SSSR count). The van der Waals surface area contributed by atoms with Gasteiger partial charge in [-0.1, -0.05) is 24.3 Å². The van der Waals surface area contributed by atoms with E-state index < -0.39 is 17.6 Å². The fourth-order valence-electron chi connectivity index (χ4n) is 3.69. The van der Waals surface area contributed by atoms with Crippen LogP contribution in [0.3, 0.4) is 0 Å². The van der Waals surface area contributed by atoms with Gasteiger partial charge in [0.25, 0.3) is 11.8 Å². The number of carbonyl (C=O) groups excluding carboxylic acids is 3. The Bertz CT molecular complexity index is 1300. The molecule has 0 unspecified atom stereocenters. The van der Waals surface area contributed by atoms with Crippen LogP contribution in [-0.4, -0.2) is 17.7 Å². The monoisotopic (exact) mass is 443 g/mol. The van der Waals surface area contributed by atoms with Crippen LogP contribution >= 0.6 is 0 Å². The fraction of sp³-hybridized carbons (Fsp3) is 0.115. The van der Waals surface area contributed by atoms with Gasteiger partial charge in [0.2, 0.25) is 5.91 Å². The highest BCUT2D eigenvalue weighted by Crippen LogP contribution is 2.35. The summed E-state index contributed by atoms with van der Waals surface area (Å²) in [6.45, 7) is 5.13. The number of hydrogen-bond donors (Lipinski definition) is 2. The van der Waals surface area contributed by atoms with Crippen molar-refractivity contribution in [3.05, 3.63) is 94.9 Å². The largest absolute Gasteiger partial charge is 0.350 e. The van der Waals surface area contributed by atoms with E-state index in [9.17, 15) is 18.8 Å². The molecular formula is C26H22FN3O3. The zero-order chi connectivity index (χ0) is 23.7. The molecule has 3 amide bonds. The third-order valence-electron chi connectivity index (χ3n) is 5.30. The van der Waals surface area contributed by atoms with E-state index in [1.165, 1.54) is 31.2 Å². The van der Waals surface area contributed by atoms with Crippen LogP contribution in [0.5, 0.6) is 0 Å². The number of amides is 3. The van der Waals surface area contributed by atoms with Crippen molar-refractivity contribution in [2.24, 2.45) is 0 Å². The second-order valence-electron chi connectivity index (χ2n) is 7.88. The van der Waals surface area contributed by atoms with Gasteiger partial charge in [0, 0.05) is 18.3 Å². The summed E-state index contributed by atoms with van der Waals surface area (Å²) < 4.78 is 13.5. The van der Waals surface area contributed by atoms with Gasteiger partial charge in [-0.3, -0.25) is 14.4 Å². The smallest absolute Gasteiger partial charge is 0.282 e. The van der Waals surface area contributed by atoms with E-state index in [-0.39, 0.29) is 17.2 Å². The number of nitrogens with one attached hydrogen (secondary N) is 2. The maximum absolute atomic E-state index is 13.5. The summed E-state index contributed by atoms with van der Waals surface area (Å²) in [4.78, 5) is 39.4. The first-order chi connectivity index (χ1) is 15.7. The molecule has 0 saturated carbocycles. The van der Waals surface area contributed by atoms with Crippen molar-refractivity contribution in [3.8, 4) is 0 Å². The molecule has 0 saturated heterocycles. The van der Waals surface area contributed by atoms with Gasteiger partial charge in [-0.25, -0.2) is 9.29 Å². The van der Waals surface area contributed by atoms with Crippen molar-refractivity contribution < 1.29 is 18.8 Å². The Labute approximate surface area is 190 Å². The summed E-state index contributed by atoms with van der Waals surface area (Å²) in [5.41, 5.74) is 4.04. The quantitative estimate of drug-likeness (QED) is 0.556. The molecule has 2 N–H and O–H groups in total. The van der Waals surface area contributed by atoms with E-state index in [0.717, 1.165) is 16.0 Å². The first-order valence-electron chi connectivity index (χ1n) is 10.4. The van der Waals surface area contributed by atoms with Crippen LogP contribution in [0.1, 0.15) is 23.6 Å². The number of halogens is 1. The lowest BCUT2D eigenvalue weighted by atomic mass is 10.0. The summed E-state index contributed by atoms with van der Waals surface area (Å²) in [5, 5.41) is 5.74. The normalized spacial score (nSPS) is 13.5. The van der Waals surface area contributed by atoms with Gasteiger partial charge in [-0.15, -0.1) is 0 Å². The van der Waals surface area contributed by atoms with Gasteiger partial charge >= 0.3 is 0 Å². The molecule has 0 bridgehead atoms. The lowest BCUT2D eigenvalue weighted by Crippen LogP contribution is -2.33. The van der Waals surface area contributed by atoms with Gasteiger partial charge < -0.3 is 10.6 Å². The van der Waals surface area contributed by atoms with Gasteiger partial charge in [-0.2, -0.15) is 0 Å². The van der Waals surface area contributed by atoms with E-state index in [1.807, 2.05) is 26.0 Å². The lowest BCUT2D eigenvalue weighted by molar-refractivity contribution is -0.120. The molecule has 0 fully saturated rings. The van der Waals surface area contributed by atoms with Crippen LogP contribution in [0.15, 0.2) is 72.4 Å². The summed E-state index contributed by atoms with van der Waals surface area (Å²) in [6.07, 6.45) is 0. The van der Waals surface area contributed by atoms with Crippen molar-refractivity contribution in [1.29, 1.82) is 0 Å². The molecule has 1 aliphatic rings. The molecule has 166 valence electrons. The maximum Gasteiger partial charge on any atom is 0.282 e. The Kier molecular flexibility index (Phi) is 5.79. The average Bonchev–Trinajstić information content (AvgIpc) is 3.01. The Hall–Kier alpha value is -4.26. The molecular weight excluding hydrogens is 421 g/mol. The summed E-state index contributed by atoms with van der Waals surface area (Å²) in [7, 11) is 0. The summed E-state index contributed by atoms with van der Waals surface area (Å²) in [6, 6.07) is 17.8. The zero-order valence-corrected chi connectivity index (χ0v) is 18.4. The van der Waals surface area contributed by atoms with Crippen molar-refractivity contribution in [3.63, 3.8) is 0 Å². The third kappa shape index (κ3) is 4.39. The van der Waals surface area contributed by atoms with Crippen LogP contribution in [0.4, 0.5) is 21.5 Å². The van der Waals surface area contributed by atoms with Crippen LogP contribution in [0, 0.1) is 19.7 Å². The fourth-order valence-corrected chi connectivity index (χ4v) is 3.69. The van der Waals surface area contributed by atoms with Gasteiger partial charge in [0.15, 0.2) is 0 Å². The SMILES string of the molecule is CC(=O)Nc1ccc(NC2=C(c3ccc(F)cc3)C(=O)N(c3cc(C)ccc3C)C2=O)cc1. The van der Waals surface area contributed by atoms with E-state index in [2.05, 4.69) is 10.6 Å². The zero-order valence-electron chi connectivity index (χ0n) is 18.4. The molecule has 6 nitrogen and oxygen atoms in total. The van der Waals surface area contributed by atoms with Gasteiger partial charge in [0.1, 0.15) is 11.5 Å². The minimum Gasteiger partial charge on any atom is -0.350 e. The van der Waals surface area contributed by atoms with E-state index in [1.54, 1.807) is 30.3 Å². The predicted octanol–water partition coefficient (Wildman–Crippen LogP) is 4.80. The number of imide groups is 1. The summed E-state index contributed by atoms with van der Waals surface area (Å²) >= 11 is 0. The molecule has 3 aromatic carbocycles. The molecule has 1 heterocycles. The number of benzene rings is 3. The highest BCUT2D eigenvalue weighted by atomic mass is 19.1. The number of hydrogen-bond acceptors (Lipinski definition) is 4. The summed E-state index contributed by atoms with van der Waals surface area (Å²) in [5.74, 6) is -1.63. The standard InChI is InChI=1S/C26H22FN3O3/c1-15-4-5-16(2)22(14-15)30-25(32)23(18-6-8-19(27)9-7-18)24(26(30)33)29-21-12-10-20(11-13-21)28-17(3)31/h4-14,29H,1-3H3,(H,28,31). The molecule has 0 aliphatic carbocycles. The topological polar surface area (TPSA) is 78.5 Å². The van der Waals surface area contributed by atoms with Crippen LogP contribution < -0.4 is 15.5 Å². The lowest BCUT2D eigenvalue weighted by Gasteiger charge is -2.18. The number of nitrogens with zero attached hydrogens (tertiary/aromatic N) is 1. The minimum absolute atomic E-state index is 0.0970. The Balaban J connectivity index is 1.77. The van der Waals surface area contributed by atoms with Crippen LogP contribution in [0.25, 0.3) is 5.57 Å². The molecule has 0 radical (unpaired) electrons. The number of aryl methyl sites for hydroxylation is 2. The number of carbonyl (C=O) groups is 3. The Morgan fingerprint density at radius 2 is 1.48 bits per heavy atom. The van der Waals surface area contributed by atoms with Crippen LogP contribution in [0.2, 0.25) is 0 Å². The van der Waals surface area contributed by atoms with Crippen molar-refractivity contribution in [2.45, 2.75) is 20.8 Å². The molecule has 0 aromatic heterocycles. The highest BCUT2D eigenvalue weighted by molar-refractivity contribution is 6.46. The third-order valence-corrected chi connectivity index (χ3v) is 5.30. The second kappa shape index (κ2) is 8.70. The van der Waals surface area contributed by atoms with Crippen molar-refractivity contribution in [1.82, 2.24) is 0 Å². The maximum atomic E-state index is 13.5. The van der Waals surface area contributed by atoms with Gasteiger partial charge in [-0.05, 0) is 73.0 Å². The predicted molar refractivity (Wildman–Crippen MR) is 126 cm³/mol. The molecule has 7 heteroatoms. The molecule has 0 atom stereocenters.